The molecular weight excluding hydrogens is 645 g/mol. The van der Waals surface area contributed by atoms with Crippen LogP contribution in [0.1, 0.15) is 55.4 Å². The Morgan fingerprint density at radius 1 is 0.938 bits per heavy atom. The van der Waals surface area contributed by atoms with Crippen LogP contribution in [0.3, 0.4) is 0 Å². The molecule has 248 valence electrons. The lowest BCUT2D eigenvalue weighted by Crippen LogP contribution is -2.38. The Labute approximate surface area is 288 Å². The first-order valence-electron chi connectivity index (χ1n) is 15.9. The average molecular weight is 683 g/mol. The van der Waals surface area contributed by atoms with Gasteiger partial charge >= 0.3 is 5.97 Å². The number of esters is 1. The van der Waals surface area contributed by atoms with E-state index in [0.29, 0.717) is 6.54 Å². The van der Waals surface area contributed by atoms with Crippen molar-refractivity contribution in [1.29, 1.82) is 0 Å². The van der Waals surface area contributed by atoms with Crippen LogP contribution < -0.4 is 5.32 Å². The molecule has 5 aromatic rings. The number of para-hydroxylation sites is 1. The highest BCUT2D eigenvalue weighted by Gasteiger charge is 2.38. The van der Waals surface area contributed by atoms with Crippen LogP contribution in [-0.2, 0) is 37.0 Å². The van der Waals surface area contributed by atoms with E-state index in [4.69, 9.17) is 19.2 Å². The van der Waals surface area contributed by atoms with Crippen molar-refractivity contribution in [3.8, 4) is 11.1 Å². The first kappa shape index (κ1) is 33.8. The minimum atomic E-state index is -0.851. The molecule has 5 atom stereocenters. The minimum Gasteiger partial charge on any atom is -0.453 e. The summed E-state index contributed by atoms with van der Waals surface area (Å²) in [5.74, 6) is -0.0378. The van der Waals surface area contributed by atoms with Gasteiger partial charge in [0.15, 0.2) is 16.7 Å². The summed E-state index contributed by atoms with van der Waals surface area (Å²) in [5.41, 5.74) is 6.78. The second-order valence-corrected chi connectivity index (χ2v) is 14.2. The zero-order chi connectivity index (χ0) is 33.6. The number of hydrogen-bond acceptors (Lipinski definition) is 9. The van der Waals surface area contributed by atoms with Crippen molar-refractivity contribution >= 4 is 45.2 Å². The molecular formula is C38H38N2O6S2. The number of aromatic nitrogens is 1. The third-order valence-electron chi connectivity index (χ3n) is 8.39. The van der Waals surface area contributed by atoms with Gasteiger partial charge in [0, 0.05) is 30.7 Å². The normalized spacial score (nSPS) is 19.9. The van der Waals surface area contributed by atoms with Crippen LogP contribution in [0.25, 0.3) is 21.3 Å². The van der Waals surface area contributed by atoms with Crippen molar-refractivity contribution in [2.75, 3.05) is 5.75 Å². The first-order valence-corrected chi connectivity index (χ1v) is 17.7. The van der Waals surface area contributed by atoms with Gasteiger partial charge in [-0.25, -0.2) is 4.98 Å². The summed E-state index contributed by atoms with van der Waals surface area (Å²) in [6.45, 7) is 5.31. The SMILES string of the molecule is CC(=O)O[C@@H](C)C(=O)NCc1cccc(-c2ccc([C@H]3O[C@@H](CSc4nc5ccccc5s4)[C@@H](C)[C@@H](c4ccc(CO)cc4)O3)cc2)c1. The van der Waals surface area contributed by atoms with Crippen molar-refractivity contribution in [2.45, 2.75) is 62.9 Å². The first-order chi connectivity index (χ1) is 23.3. The monoisotopic (exact) mass is 682 g/mol. The molecule has 8 nitrogen and oxygen atoms in total. The molecule has 0 saturated carbocycles. The van der Waals surface area contributed by atoms with Crippen LogP contribution in [0.4, 0.5) is 0 Å². The Hall–Kier alpha value is -4.06. The van der Waals surface area contributed by atoms with Crippen molar-refractivity contribution in [1.82, 2.24) is 10.3 Å². The number of benzene rings is 4. The topological polar surface area (TPSA) is 107 Å². The molecule has 1 aliphatic rings. The second kappa shape index (κ2) is 15.4. The van der Waals surface area contributed by atoms with Gasteiger partial charge in [-0.05, 0) is 52.9 Å². The van der Waals surface area contributed by atoms with Gasteiger partial charge in [-0.1, -0.05) is 97.5 Å². The summed E-state index contributed by atoms with van der Waals surface area (Å²) < 4.78 is 20.5. The van der Waals surface area contributed by atoms with Crippen molar-refractivity contribution in [3.63, 3.8) is 0 Å². The number of aliphatic hydroxyl groups is 1. The number of thiazole rings is 1. The lowest BCUT2D eigenvalue weighted by Gasteiger charge is -2.41. The molecule has 0 aliphatic carbocycles. The Kier molecular flexibility index (Phi) is 10.9. The van der Waals surface area contributed by atoms with Gasteiger partial charge in [0.2, 0.25) is 0 Å². The zero-order valence-corrected chi connectivity index (χ0v) is 28.6. The molecule has 1 fully saturated rings. The molecule has 4 aromatic carbocycles. The lowest BCUT2D eigenvalue weighted by atomic mass is 9.91. The van der Waals surface area contributed by atoms with Crippen molar-refractivity contribution in [2.24, 2.45) is 5.92 Å². The summed E-state index contributed by atoms with van der Waals surface area (Å²) in [6.07, 6.45) is -1.72. The summed E-state index contributed by atoms with van der Waals surface area (Å²) in [4.78, 5) is 28.3. The van der Waals surface area contributed by atoms with E-state index in [-0.39, 0.29) is 30.6 Å². The summed E-state index contributed by atoms with van der Waals surface area (Å²) in [7, 11) is 0. The number of nitrogens with one attached hydrogen (secondary N) is 1. The van der Waals surface area contributed by atoms with E-state index >= 15 is 0 Å². The number of thioether (sulfide) groups is 1. The van der Waals surface area contributed by atoms with Crippen LogP contribution in [-0.4, -0.2) is 39.9 Å². The maximum Gasteiger partial charge on any atom is 0.303 e. The summed E-state index contributed by atoms with van der Waals surface area (Å²) >= 11 is 3.41. The standard InChI is InChI=1S/C38H38N2O6S2/c1-23-33(22-47-38-40-32-9-4-5-10-34(32)48-38)45-37(46-35(23)29-13-11-26(21-41)12-14-29)30-17-15-28(16-18-30)31-8-6-7-27(19-31)20-39-36(43)24(2)44-25(3)42/h4-19,23-24,33,35,37,41H,20-22H2,1-3H3,(H,39,43)/t23-,24+,33+,35+,37+/m1/s1. The van der Waals surface area contributed by atoms with E-state index in [1.165, 1.54) is 11.6 Å². The number of aliphatic hydroxyl groups excluding tert-OH is 1. The maximum absolute atomic E-state index is 12.3. The van der Waals surface area contributed by atoms with Crippen LogP contribution in [0.2, 0.25) is 0 Å². The third-order valence-corrected chi connectivity index (χ3v) is 10.7. The number of hydrogen-bond donors (Lipinski definition) is 2. The number of carbonyl (C=O) groups excluding carboxylic acids is 2. The molecule has 0 unspecified atom stereocenters. The second-order valence-electron chi connectivity index (χ2n) is 11.9. The van der Waals surface area contributed by atoms with Crippen LogP contribution >= 0.6 is 23.1 Å². The van der Waals surface area contributed by atoms with E-state index in [2.05, 4.69) is 30.4 Å². The summed E-state index contributed by atoms with van der Waals surface area (Å²) in [5, 5.41) is 12.4. The highest BCUT2D eigenvalue weighted by molar-refractivity contribution is 8.01. The molecule has 0 bridgehead atoms. The molecule has 1 saturated heterocycles. The fourth-order valence-corrected chi connectivity index (χ4v) is 7.96. The molecule has 1 aliphatic heterocycles. The molecule has 2 N–H and O–H groups in total. The third kappa shape index (κ3) is 8.14. The molecule has 0 radical (unpaired) electrons. The quantitative estimate of drug-likeness (QED) is 0.108. The highest BCUT2D eigenvalue weighted by Crippen LogP contribution is 2.43. The number of nitrogens with zero attached hydrogens (tertiary/aromatic N) is 1. The Morgan fingerprint density at radius 2 is 1.69 bits per heavy atom. The molecule has 0 spiro atoms. The molecule has 48 heavy (non-hydrogen) atoms. The van der Waals surface area contributed by atoms with Gasteiger partial charge in [-0.3, -0.25) is 9.59 Å². The van der Waals surface area contributed by atoms with Crippen LogP contribution in [0, 0.1) is 5.92 Å². The predicted molar refractivity (Wildman–Crippen MR) is 188 cm³/mol. The largest absolute Gasteiger partial charge is 0.453 e. The molecule has 10 heteroatoms. The van der Waals surface area contributed by atoms with Gasteiger partial charge < -0.3 is 24.6 Å². The van der Waals surface area contributed by atoms with Gasteiger partial charge in [0.25, 0.3) is 5.91 Å². The predicted octanol–water partition coefficient (Wildman–Crippen LogP) is 7.61. The van der Waals surface area contributed by atoms with Crippen molar-refractivity contribution < 1.29 is 28.9 Å². The number of fused-ring (bicyclic) bond motifs is 1. The van der Waals surface area contributed by atoms with Crippen molar-refractivity contribution in [3.05, 3.63) is 119 Å². The Bertz CT molecular complexity index is 1830. The molecule has 2 heterocycles. The van der Waals surface area contributed by atoms with Gasteiger partial charge in [-0.15, -0.1) is 11.3 Å². The number of amides is 1. The fraction of sp³-hybridized carbons (Fsp3) is 0.289. The molecule has 6 rings (SSSR count). The van der Waals surface area contributed by atoms with Gasteiger partial charge in [0.05, 0.1) is 29.0 Å². The highest BCUT2D eigenvalue weighted by atomic mass is 32.2. The number of carbonyl (C=O) groups is 2. The van der Waals surface area contributed by atoms with E-state index < -0.39 is 18.4 Å². The van der Waals surface area contributed by atoms with E-state index in [9.17, 15) is 14.7 Å². The maximum atomic E-state index is 12.3. The van der Waals surface area contributed by atoms with E-state index in [1.807, 2.05) is 78.9 Å². The van der Waals surface area contributed by atoms with Gasteiger partial charge in [-0.2, -0.15) is 0 Å². The average Bonchev–Trinajstić information content (AvgIpc) is 3.53. The minimum absolute atomic E-state index is 0.00624. The smallest absolute Gasteiger partial charge is 0.303 e. The molecule has 1 amide bonds. The van der Waals surface area contributed by atoms with Crippen LogP contribution in [0.5, 0.6) is 0 Å². The lowest BCUT2D eigenvalue weighted by molar-refractivity contribution is -0.268. The van der Waals surface area contributed by atoms with Crippen LogP contribution in [0.15, 0.2) is 101 Å². The fourth-order valence-electron chi connectivity index (χ4n) is 5.71. The van der Waals surface area contributed by atoms with Gasteiger partial charge in [0.1, 0.15) is 0 Å². The number of ether oxygens (including phenoxy) is 3. The zero-order valence-electron chi connectivity index (χ0n) is 27.0. The number of rotatable bonds is 11. The van der Waals surface area contributed by atoms with E-state index in [1.54, 1.807) is 30.0 Å². The van der Waals surface area contributed by atoms with E-state index in [0.717, 1.165) is 49.0 Å². The Morgan fingerprint density at radius 3 is 2.42 bits per heavy atom. The Balaban J connectivity index is 1.18. The summed E-state index contributed by atoms with van der Waals surface area (Å²) in [6, 6.07) is 32.3. The molecule has 1 aromatic heterocycles.